The van der Waals surface area contributed by atoms with Gasteiger partial charge in [-0.3, -0.25) is 4.79 Å². The number of amides is 1. The quantitative estimate of drug-likeness (QED) is 0.854. The maximum atomic E-state index is 12.5. The largest absolute Gasteiger partial charge is 0.349 e. The fraction of sp³-hybridized carbons (Fsp3) is 0.632. The molecule has 1 aliphatic rings. The Kier molecular flexibility index (Phi) is 6.07. The number of sulfone groups is 1. The van der Waals surface area contributed by atoms with E-state index >= 15 is 0 Å². The van der Waals surface area contributed by atoms with Crippen molar-refractivity contribution in [1.29, 1.82) is 0 Å². The van der Waals surface area contributed by atoms with Crippen molar-refractivity contribution in [2.45, 2.75) is 52.5 Å². The second kappa shape index (κ2) is 7.68. The molecule has 0 saturated carbocycles. The zero-order valence-corrected chi connectivity index (χ0v) is 15.9. The third-order valence-corrected chi connectivity index (χ3v) is 6.81. The molecule has 2 rings (SSSR count). The summed E-state index contributed by atoms with van der Waals surface area (Å²) in [5.41, 5.74) is 2.38. The summed E-state index contributed by atoms with van der Waals surface area (Å²) in [7, 11) is -3.04. The predicted octanol–water partition coefficient (Wildman–Crippen LogP) is 3.45. The number of nitrogens with one attached hydrogen (secondary N) is 1. The van der Waals surface area contributed by atoms with E-state index in [0.29, 0.717) is 12.3 Å². The van der Waals surface area contributed by atoms with Crippen molar-refractivity contribution in [2.75, 3.05) is 11.5 Å². The number of carbonyl (C=O) groups excluding carboxylic acids is 1. The van der Waals surface area contributed by atoms with Gasteiger partial charge in [-0.1, -0.05) is 52.0 Å². The standard InChI is InChI=1S/C19H29NO3S/c1-5-14(4)15-6-8-16(9-7-15)18(13(2)3)20-19(21)17-10-11-24(22,23)12-17/h6-9,13-14,17-18H,5,10-12H2,1-4H3,(H,20,21). The summed E-state index contributed by atoms with van der Waals surface area (Å²) < 4.78 is 23.2. The Morgan fingerprint density at radius 3 is 2.21 bits per heavy atom. The Balaban J connectivity index is 2.11. The number of rotatable bonds is 6. The van der Waals surface area contributed by atoms with Crippen LogP contribution in [0.4, 0.5) is 0 Å². The zero-order valence-electron chi connectivity index (χ0n) is 15.1. The van der Waals surface area contributed by atoms with Crippen LogP contribution in [0.25, 0.3) is 0 Å². The molecule has 134 valence electrons. The molecule has 0 aromatic heterocycles. The van der Waals surface area contributed by atoms with Gasteiger partial charge in [0.15, 0.2) is 9.84 Å². The van der Waals surface area contributed by atoms with E-state index in [1.807, 2.05) is 0 Å². The highest BCUT2D eigenvalue weighted by Gasteiger charge is 2.34. The fourth-order valence-electron chi connectivity index (χ4n) is 3.18. The topological polar surface area (TPSA) is 63.2 Å². The molecule has 4 nitrogen and oxygen atoms in total. The molecule has 1 aromatic carbocycles. The first-order valence-electron chi connectivity index (χ1n) is 8.84. The van der Waals surface area contributed by atoms with Gasteiger partial charge in [0.2, 0.25) is 5.91 Å². The summed E-state index contributed by atoms with van der Waals surface area (Å²) in [6.07, 6.45) is 1.53. The minimum absolute atomic E-state index is 0.0173. The van der Waals surface area contributed by atoms with Crippen LogP contribution in [0.5, 0.6) is 0 Å². The lowest BCUT2D eigenvalue weighted by molar-refractivity contribution is -0.125. The van der Waals surface area contributed by atoms with Crippen LogP contribution in [0.1, 0.15) is 63.6 Å². The van der Waals surface area contributed by atoms with Crippen LogP contribution in [0.3, 0.4) is 0 Å². The molecule has 0 radical (unpaired) electrons. The first-order valence-corrected chi connectivity index (χ1v) is 10.7. The molecule has 1 saturated heterocycles. The van der Waals surface area contributed by atoms with Crippen LogP contribution in [-0.4, -0.2) is 25.8 Å². The lowest BCUT2D eigenvalue weighted by Gasteiger charge is -2.25. The van der Waals surface area contributed by atoms with Crippen LogP contribution < -0.4 is 5.32 Å². The third kappa shape index (κ3) is 4.59. The molecule has 1 N–H and O–H groups in total. The summed E-state index contributed by atoms with van der Waals surface area (Å²) >= 11 is 0. The molecule has 1 heterocycles. The van der Waals surface area contributed by atoms with Gasteiger partial charge in [0.25, 0.3) is 0 Å². The van der Waals surface area contributed by atoms with Crippen molar-refractivity contribution in [2.24, 2.45) is 11.8 Å². The fourth-order valence-corrected chi connectivity index (χ4v) is 4.92. The van der Waals surface area contributed by atoms with Gasteiger partial charge >= 0.3 is 0 Å². The van der Waals surface area contributed by atoms with Crippen LogP contribution in [0, 0.1) is 11.8 Å². The van der Waals surface area contributed by atoms with Crippen LogP contribution >= 0.6 is 0 Å². The number of hydrogen-bond acceptors (Lipinski definition) is 3. The van der Waals surface area contributed by atoms with E-state index in [9.17, 15) is 13.2 Å². The van der Waals surface area contributed by atoms with E-state index in [0.717, 1.165) is 12.0 Å². The Labute approximate surface area is 146 Å². The summed E-state index contributed by atoms with van der Waals surface area (Å²) in [5.74, 6) is 0.324. The van der Waals surface area contributed by atoms with Crippen molar-refractivity contribution in [3.63, 3.8) is 0 Å². The second-order valence-electron chi connectivity index (χ2n) is 7.31. The molecular formula is C19H29NO3S. The number of benzene rings is 1. The van der Waals surface area contributed by atoms with Crippen molar-refractivity contribution in [3.05, 3.63) is 35.4 Å². The third-order valence-electron chi connectivity index (χ3n) is 5.04. The van der Waals surface area contributed by atoms with Gasteiger partial charge in [0, 0.05) is 0 Å². The summed E-state index contributed by atoms with van der Waals surface area (Å²) in [6, 6.07) is 8.33. The lowest BCUT2D eigenvalue weighted by atomic mass is 9.91. The van der Waals surface area contributed by atoms with Gasteiger partial charge in [-0.15, -0.1) is 0 Å². The van der Waals surface area contributed by atoms with Crippen molar-refractivity contribution in [3.8, 4) is 0 Å². The molecule has 0 aliphatic carbocycles. The maximum absolute atomic E-state index is 12.5. The molecule has 1 aromatic rings. The first-order chi connectivity index (χ1) is 11.2. The highest BCUT2D eigenvalue weighted by molar-refractivity contribution is 7.91. The Morgan fingerprint density at radius 1 is 1.17 bits per heavy atom. The SMILES string of the molecule is CCC(C)c1ccc(C(NC(=O)C2CCS(=O)(=O)C2)C(C)C)cc1. The highest BCUT2D eigenvalue weighted by atomic mass is 32.2. The van der Waals surface area contributed by atoms with Crippen molar-refractivity contribution >= 4 is 15.7 Å². The van der Waals surface area contributed by atoms with Gasteiger partial charge in [0.1, 0.15) is 0 Å². The molecule has 5 heteroatoms. The average Bonchev–Trinajstić information content (AvgIpc) is 2.91. The maximum Gasteiger partial charge on any atom is 0.224 e. The van der Waals surface area contributed by atoms with E-state index in [4.69, 9.17) is 0 Å². The zero-order chi connectivity index (χ0) is 17.9. The van der Waals surface area contributed by atoms with Crippen LogP contribution in [0.15, 0.2) is 24.3 Å². The molecule has 0 spiro atoms. The molecule has 1 fully saturated rings. The van der Waals surface area contributed by atoms with Gasteiger partial charge < -0.3 is 5.32 Å². The predicted molar refractivity (Wildman–Crippen MR) is 97.6 cm³/mol. The Hall–Kier alpha value is -1.36. The number of hydrogen-bond donors (Lipinski definition) is 1. The smallest absolute Gasteiger partial charge is 0.224 e. The minimum atomic E-state index is -3.04. The highest BCUT2D eigenvalue weighted by Crippen LogP contribution is 2.27. The first kappa shape index (κ1) is 19.0. The molecule has 24 heavy (non-hydrogen) atoms. The minimum Gasteiger partial charge on any atom is -0.349 e. The van der Waals surface area contributed by atoms with Crippen molar-refractivity contribution in [1.82, 2.24) is 5.32 Å². The van der Waals surface area contributed by atoms with Crippen LogP contribution in [0.2, 0.25) is 0 Å². The molecular weight excluding hydrogens is 322 g/mol. The van der Waals surface area contributed by atoms with Gasteiger partial charge in [-0.25, -0.2) is 8.42 Å². The Morgan fingerprint density at radius 2 is 1.75 bits per heavy atom. The van der Waals surface area contributed by atoms with Crippen LogP contribution in [-0.2, 0) is 14.6 Å². The molecule has 0 bridgehead atoms. The molecule has 3 unspecified atom stereocenters. The van der Waals surface area contributed by atoms with E-state index in [2.05, 4.69) is 57.3 Å². The normalized spacial score (nSPS) is 22.3. The van der Waals surface area contributed by atoms with Crippen molar-refractivity contribution < 1.29 is 13.2 Å². The van der Waals surface area contributed by atoms with Gasteiger partial charge in [0.05, 0.1) is 23.5 Å². The average molecular weight is 352 g/mol. The van der Waals surface area contributed by atoms with Gasteiger partial charge in [-0.05, 0) is 35.8 Å². The molecule has 3 atom stereocenters. The van der Waals surface area contributed by atoms with E-state index in [1.165, 1.54) is 5.56 Å². The lowest BCUT2D eigenvalue weighted by Crippen LogP contribution is -2.36. The summed E-state index contributed by atoms with van der Waals surface area (Å²) in [4.78, 5) is 12.5. The molecule has 1 amide bonds. The van der Waals surface area contributed by atoms with E-state index in [-0.39, 0.29) is 29.4 Å². The summed E-state index contributed by atoms with van der Waals surface area (Å²) in [6.45, 7) is 8.51. The monoisotopic (exact) mass is 351 g/mol. The Bertz CT molecular complexity index is 664. The van der Waals surface area contributed by atoms with Gasteiger partial charge in [-0.2, -0.15) is 0 Å². The van der Waals surface area contributed by atoms with E-state index in [1.54, 1.807) is 0 Å². The van der Waals surface area contributed by atoms with E-state index < -0.39 is 15.8 Å². The molecule has 1 aliphatic heterocycles. The second-order valence-corrected chi connectivity index (χ2v) is 9.53. The number of carbonyl (C=O) groups is 1. The summed E-state index contributed by atoms with van der Waals surface area (Å²) in [5, 5.41) is 3.07.